The fraction of sp³-hybridized carbons (Fsp3) is 0.0435. The van der Waals surface area contributed by atoms with E-state index in [9.17, 15) is 0 Å². The second-order valence-electron chi connectivity index (χ2n) is 19.7. The summed E-state index contributed by atoms with van der Waals surface area (Å²) in [6.45, 7) is 4.72. The van der Waals surface area contributed by atoms with Crippen LogP contribution < -0.4 is 4.90 Å². The summed E-state index contributed by atoms with van der Waals surface area (Å²) >= 11 is 0. The van der Waals surface area contributed by atoms with Crippen LogP contribution in [0.4, 0.5) is 17.1 Å². The molecule has 14 rings (SSSR count). The lowest BCUT2D eigenvalue weighted by Gasteiger charge is -2.28. The van der Waals surface area contributed by atoms with E-state index in [1.807, 2.05) is 0 Å². The van der Waals surface area contributed by atoms with Crippen molar-refractivity contribution in [2.75, 3.05) is 4.90 Å². The van der Waals surface area contributed by atoms with Crippen LogP contribution in [0.25, 0.3) is 99.5 Å². The zero-order chi connectivity index (χ0) is 47.9. The third-order valence-corrected chi connectivity index (χ3v) is 15.3. The van der Waals surface area contributed by atoms with E-state index >= 15 is 0 Å². The summed E-state index contributed by atoms with van der Waals surface area (Å²) in [6.07, 6.45) is 0. The molecule has 340 valence electrons. The molecular weight excluding hydrogens is 871 g/mol. The van der Waals surface area contributed by atoms with Gasteiger partial charge in [-0.15, -0.1) is 0 Å². The van der Waals surface area contributed by atoms with Crippen LogP contribution in [0.5, 0.6) is 0 Å². The molecule has 2 heterocycles. The lowest BCUT2D eigenvalue weighted by Crippen LogP contribution is -2.16. The molecule has 0 atom stereocenters. The van der Waals surface area contributed by atoms with Gasteiger partial charge in [-0.25, -0.2) is 0 Å². The average molecular weight is 920 g/mol. The molecule has 0 spiro atoms. The number of benzene rings is 11. The van der Waals surface area contributed by atoms with E-state index in [0.717, 1.165) is 34.0 Å². The smallest absolute Gasteiger partial charge is 0.0619 e. The van der Waals surface area contributed by atoms with Gasteiger partial charge in [0, 0.05) is 66.5 Å². The Bertz CT molecular complexity index is 4200. The summed E-state index contributed by atoms with van der Waals surface area (Å²) in [6, 6.07) is 95.9. The van der Waals surface area contributed by atoms with Crippen LogP contribution in [0.2, 0.25) is 0 Å². The first-order valence-corrected chi connectivity index (χ1v) is 25.0. The standard InChI is InChI=1S/C69H49N3/c1-69(2)63-30-14-12-24-57(63)58-43-41-54(45-64(58)69)70(52-37-32-47(33-38-52)46-18-6-3-7-19-46)53-39-34-48(35-40-53)55-26-16-28-61-62-29-17-27-56(68(62)72(67(55)61)51-22-10-5-11-23-51)49-36-42-60-59-25-13-15-31-65(59)71(66(60)44-49)50-20-8-4-9-21-50/h3-45H,1-2H3. The molecule has 0 radical (unpaired) electrons. The zero-order valence-corrected chi connectivity index (χ0v) is 40.2. The topological polar surface area (TPSA) is 13.1 Å². The second-order valence-corrected chi connectivity index (χ2v) is 19.7. The minimum absolute atomic E-state index is 0.126. The van der Waals surface area contributed by atoms with E-state index in [0.29, 0.717) is 0 Å². The highest BCUT2D eigenvalue weighted by Crippen LogP contribution is 2.51. The molecule has 0 saturated heterocycles. The van der Waals surface area contributed by atoms with Crippen LogP contribution >= 0.6 is 0 Å². The third kappa shape index (κ3) is 6.51. The Morgan fingerprint density at radius 3 is 1.44 bits per heavy atom. The van der Waals surface area contributed by atoms with Crippen LogP contribution in [0.1, 0.15) is 25.0 Å². The summed E-state index contributed by atoms with van der Waals surface area (Å²) in [4.78, 5) is 2.42. The number of rotatable bonds is 8. The lowest BCUT2D eigenvalue weighted by molar-refractivity contribution is 0.660. The van der Waals surface area contributed by atoms with Crippen LogP contribution in [0, 0.1) is 0 Å². The molecule has 1 aliphatic rings. The predicted octanol–water partition coefficient (Wildman–Crippen LogP) is 18.7. The number of anilines is 3. The summed E-state index contributed by atoms with van der Waals surface area (Å²) < 4.78 is 4.92. The Kier molecular flexibility index (Phi) is 9.56. The van der Waals surface area contributed by atoms with Crippen molar-refractivity contribution in [3.05, 3.63) is 272 Å². The van der Waals surface area contributed by atoms with Crippen molar-refractivity contribution in [3.63, 3.8) is 0 Å². The number of para-hydroxylation sites is 5. The molecule has 0 fully saturated rings. The highest BCUT2D eigenvalue weighted by Gasteiger charge is 2.36. The van der Waals surface area contributed by atoms with Crippen LogP contribution in [-0.2, 0) is 5.41 Å². The van der Waals surface area contributed by atoms with Gasteiger partial charge in [-0.05, 0) is 117 Å². The molecule has 13 aromatic rings. The van der Waals surface area contributed by atoms with Crippen molar-refractivity contribution >= 4 is 60.7 Å². The highest BCUT2D eigenvalue weighted by molar-refractivity contribution is 6.18. The van der Waals surface area contributed by atoms with Crippen molar-refractivity contribution in [2.45, 2.75) is 19.3 Å². The average Bonchev–Trinajstić information content (AvgIpc) is 4.05. The Morgan fingerprint density at radius 2 is 0.764 bits per heavy atom. The molecule has 0 aliphatic heterocycles. The van der Waals surface area contributed by atoms with E-state index in [-0.39, 0.29) is 5.41 Å². The fourth-order valence-corrected chi connectivity index (χ4v) is 11.9. The van der Waals surface area contributed by atoms with E-state index in [1.165, 1.54) is 93.7 Å². The molecule has 72 heavy (non-hydrogen) atoms. The van der Waals surface area contributed by atoms with Gasteiger partial charge < -0.3 is 14.0 Å². The quantitative estimate of drug-likeness (QED) is 0.148. The van der Waals surface area contributed by atoms with Gasteiger partial charge >= 0.3 is 0 Å². The lowest BCUT2D eigenvalue weighted by atomic mass is 9.82. The Labute approximate surface area is 419 Å². The van der Waals surface area contributed by atoms with Gasteiger partial charge in [-0.3, -0.25) is 0 Å². The monoisotopic (exact) mass is 919 g/mol. The molecule has 2 aromatic heterocycles. The Balaban J connectivity index is 0.932. The molecule has 3 nitrogen and oxygen atoms in total. The van der Waals surface area contributed by atoms with Gasteiger partial charge in [0.2, 0.25) is 0 Å². The normalized spacial score (nSPS) is 12.7. The molecule has 3 heteroatoms. The molecule has 0 N–H and O–H groups in total. The van der Waals surface area contributed by atoms with E-state index in [2.05, 4.69) is 289 Å². The van der Waals surface area contributed by atoms with Crippen LogP contribution in [0.3, 0.4) is 0 Å². The SMILES string of the molecule is CC1(C)c2ccccc2-c2ccc(N(c3ccc(-c4ccccc4)cc3)c3ccc(-c4cccc5c6cccc(-c7ccc8c9ccccc9n(-c9ccccc9)c8c7)c6n(-c6ccccc6)c45)cc3)cc21. The van der Waals surface area contributed by atoms with Gasteiger partial charge in [-0.1, -0.05) is 202 Å². The molecule has 0 amide bonds. The van der Waals surface area contributed by atoms with E-state index in [4.69, 9.17) is 0 Å². The Hall–Kier alpha value is -9.18. The maximum Gasteiger partial charge on any atom is 0.0619 e. The first kappa shape index (κ1) is 41.8. The fourth-order valence-electron chi connectivity index (χ4n) is 11.9. The van der Waals surface area contributed by atoms with Gasteiger partial charge in [0.15, 0.2) is 0 Å². The molecule has 0 saturated carbocycles. The summed E-state index contributed by atoms with van der Waals surface area (Å²) in [5.74, 6) is 0. The first-order chi connectivity index (χ1) is 35.5. The highest BCUT2D eigenvalue weighted by atomic mass is 15.1. The molecular formula is C69H49N3. The molecule has 0 bridgehead atoms. The van der Waals surface area contributed by atoms with Gasteiger partial charge in [0.05, 0.1) is 22.1 Å². The predicted molar refractivity (Wildman–Crippen MR) is 304 cm³/mol. The number of aromatic nitrogens is 2. The van der Waals surface area contributed by atoms with E-state index in [1.54, 1.807) is 0 Å². The maximum absolute atomic E-state index is 2.51. The van der Waals surface area contributed by atoms with Crippen LogP contribution in [0.15, 0.2) is 261 Å². The van der Waals surface area contributed by atoms with Gasteiger partial charge in [0.1, 0.15) is 0 Å². The van der Waals surface area contributed by atoms with Crippen LogP contribution in [-0.4, -0.2) is 9.13 Å². The number of hydrogen-bond acceptors (Lipinski definition) is 1. The molecule has 11 aromatic carbocycles. The minimum Gasteiger partial charge on any atom is -0.310 e. The summed E-state index contributed by atoms with van der Waals surface area (Å²) in [7, 11) is 0. The number of nitrogens with zero attached hydrogens (tertiary/aromatic N) is 3. The first-order valence-electron chi connectivity index (χ1n) is 25.0. The number of hydrogen-bond donors (Lipinski definition) is 0. The van der Waals surface area contributed by atoms with E-state index < -0.39 is 0 Å². The largest absolute Gasteiger partial charge is 0.310 e. The number of fused-ring (bicyclic) bond motifs is 9. The second kappa shape index (κ2) is 16.5. The van der Waals surface area contributed by atoms with Crippen molar-refractivity contribution < 1.29 is 0 Å². The Morgan fingerprint density at radius 1 is 0.292 bits per heavy atom. The molecule has 1 aliphatic carbocycles. The maximum atomic E-state index is 2.51. The van der Waals surface area contributed by atoms with Crippen molar-refractivity contribution in [2.24, 2.45) is 0 Å². The zero-order valence-electron chi connectivity index (χ0n) is 40.2. The van der Waals surface area contributed by atoms with Crippen molar-refractivity contribution in [3.8, 4) is 55.9 Å². The third-order valence-electron chi connectivity index (χ3n) is 15.3. The summed E-state index contributed by atoms with van der Waals surface area (Å²) in [5.41, 5.74) is 22.7. The molecule has 0 unspecified atom stereocenters. The minimum atomic E-state index is -0.126. The van der Waals surface area contributed by atoms with Crippen molar-refractivity contribution in [1.29, 1.82) is 0 Å². The van der Waals surface area contributed by atoms with Crippen molar-refractivity contribution in [1.82, 2.24) is 9.13 Å². The van der Waals surface area contributed by atoms with Gasteiger partial charge in [-0.2, -0.15) is 0 Å². The van der Waals surface area contributed by atoms with Gasteiger partial charge in [0.25, 0.3) is 0 Å². The summed E-state index contributed by atoms with van der Waals surface area (Å²) in [5, 5.41) is 4.94.